The van der Waals surface area contributed by atoms with Crippen LogP contribution in [-0.4, -0.2) is 34.7 Å². The summed E-state index contributed by atoms with van der Waals surface area (Å²) >= 11 is 0. The predicted octanol–water partition coefficient (Wildman–Crippen LogP) is 2.35. The lowest BCUT2D eigenvalue weighted by atomic mass is 10.0. The number of carbonyl (C=O) groups is 1. The summed E-state index contributed by atoms with van der Waals surface area (Å²) in [6, 6.07) is 10.2. The van der Waals surface area contributed by atoms with Crippen molar-refractivity contribution < 1.29 is 14.3 Å². The maximum atomic E-state index is 12.6. The van der Waals surface area contributed by atoms with Gasteiger partial charge in [-0.1, -0.05) is 12.1 Å². The Hall–Kier alpha value is -3.35. The third-order valence-electron chi connectivity index (χ3n) is 4.03. The first-order valence-corrected chi connectivity index (χ1v) is 8.05. The van der Waals surface area contributed by atoms with Gasteiger partial charge in [-0.15, -0.1) is 0 Å². The Morgan fingerprint density at radius 2 is 1.88 bits per heavy atom. The average molecular weight is 352 g/mol. The van der Waals surface area contributed by atoms with Gasteiger partial charge in [0.2, 0.25) is 0 Å². The van der Waals surface area contributed by atoms with Gasteiger partial charge in [-0.05, 0) is 29.8 Å². The normalized spacial score (nSPS) is 11.7. The number of ether oxygens (including phenoxy) is 2. The Morgan fingerprint density at radius 3 is 2.50 bits per heavy atom. The first-order valence-electron chi connectivity index (χ1n) is 8.05. The maximum absolute atomic E-state index is 12.6. The highest BCUT2D eigenvalue weighted by Crippen LogP contribution is 2.31. The largest absolute Gasteiger partial charge is 0.493 e. The summed E-state index contributed by atoms with van der Waals surface area (Å²) in [5, 5.41) is 3.00. The van der Waals surface area contributed by atoms with Crippen molar-refractivity contribution in [3.63, 3.8) is 0 Å². The number of nitrogens with one attached hydrogen (secondary N) is 1. The molecule has 0 bridgehead atoms. The van der Waals surface area contributed by atoms with Gasteiger partial charge in [-0.2, -0.15) is 0 Å². The molecule has 2 heterocycles. The Labute approximate surface area is 151 Å². The number of benzene rings is 1. The van der Waals surface area contributed by atoms with Gasteiger partial charge in [0.15, 0.2) is 11.5 Å². The zero-order chi connectivity index (χ0) is 18.5. The number of rotatable bonds is 6. The molecule has 1 aromatic carbocycles. The molecule has 3 aromatic rings. The molecule has 1 unspecified atom stereocenters. The van der Waals surface area contributed by atoms with Gasteiger partial charge in [-0.25, -0.2) is 4.98 Å². The van der Waals surface area contributed by atoms with E-state index in [1.807, 2.05) is 29.9 Å². The van der Waals surface area contributed by atoms with Gasteiger partial charge in [0.25, 0.3) is 5.91 Å². The molecule has 1 atom stereocenters. The Kier molecular flexibility index (Phi) is 5.17. The molecule has 3 rings (SSSR count). The fraction of sp³-hybridized carbons (Fsp3) is 0.211. The minimum absolute atomic E-state index is 0.284. The zero-order valence-electron chi connectivity index (χ0n) is 14.8. The van der Waals surface area contributed by atoms with Crippen LogP contribution in [0, 0.1) is 0 Å². The predicted molar refractivity (Wildman–Crippen MR) is 96.3 cm³/mol. The molecule has 0 spiro atoms. The van der Waals surface area contributed by atoms with Gasteiger partial charge in [0.1, 0.15) is 17.6 Å². The van der Waals surface area contributed by atoms with Crippen LogP contribution in [0.15, 0.2) is 55.0 Å². The summed E-state index contributed by atoms with van der Waals surface area (Å²) in [4.78, 5) is 21.1. The fourth-order valence-electron chi connectivity index (χ4n) is 2.69. The number of aryl methyl sites for hydroxylation is 1. The Morgan fingerprint density at radius 1 is 1.08 bits per heavy atom. The zero-order valence-corrected chi connectivity index (χ0v) is 14.8. The first kappa shape index (κ1) is 17.5. The second-order valence-corrected chi connectivity index (χ2v) is 5.63. The highest BCUT2D eigenvalue weighted by atomic mass is 16.5. The lowest BCUT2D eigenvalue weighted by molar-refractivity contribution is 0.0936. The van der Waals surface area contributed by atoms with E-state index < -0.39 is 6.04 Å². The minimum atomic E-state index is -0.468. The van der Waals surface area contributed by atoms with Crippen LogP contribution in [0.4, 0.5) is 0 Å². The molecule has 0 aliphatic rings. The molecule has 7 heteroatoms. The number of pyridine rings is 1. The minimum Gasteiger partial charge on any atom is -0.493 e. The molecular formula is C19H20N4O3. The van der Waals surface area contributed by atoms with E-state index in [1.54, 1.807) is 50.9 Å². The number of aromatic nitrogens is 3. The number of hydrogen-bond acceptors (Lipinski definition) is 5. The maximum Gasteiger partial charge on any atom is 0.270 e. The van der Waals surface area contributed by atoms with Crippen LogP contribution >= 0.6 is 0 Å². The molecule has 1 amide bonds. The van der Waals surface area contributed by atoms with E-state index >= 15 is 0 Å². The number of carbonyl (C=O) groups excluding carboxylic acids is 1. The highest BCUT2D eigenvalue weighted by molar-refractivity contribution is 5.92. The third kappa shape index (κ3) is 3.51. The lowest BCUT2D eigenvalue weighted by Gasteiger charge is -2.20. The summed E-state index contributed by atoms with van der Waals surface area (Å²) in [5.41, 5.74) is 1.16. The van der Waals surface area contributed by atoms with Crippen molar-refractivity contribution in [2.75, 3.05) is 14.2 Å². The van der Waals surface area contributed by atoms with Crippen LogP contribution in [0.25, 0.3) is 0 Å². The molecule has 0 saturated carbocycles. The van der Waals surface area contributed by atoms with Crippen LogP contribution < -0.4 is 14.8 Å². The average Bonchev–Trinajstić information content (AvgIpc) is 3.11. The van der Waals surface area contributed by atoms with Crippen LogP contribution in [0.2, 0.25) is 0 Å². The van der Waals surface area contributed by atoms with Crippen molar-refractivity contribution in [3.8, 4) is 11.5 Å². The van der Waals surface area contributed by atoms with Crippen molar-refractivity contribution in [1.82, 2.24) is 19.9 Å². The van der Waals surface area contributed by atoms with Crippen LogP contribution in [0.1, 0.15) is 27.9 Å². The molecule has 2 aromatic heterocycles. The van der Waals surface area contributed by atoms with Crippen LogP contribution in [0.3, 0.4) is 0 Å². The molecule has 0 radical (unpaired) electrons. The monoisotopic (exact) mass is 352 g/mol. The van der Waals surface area contributed by atoms with Gasteiger partial charge in [0, 0.05) is 25.6 Å². The fourth-order valence-corrected chi connectivity index (χ4v) is 2.69. The van der Waals surface area contributed by atoms with E-state index in [2.05, 4.69) is 15.3 Å². The molecule has 134 valence electrons. The second-order valence-electron chi connectivity index (χ2n) is 5.63. The van der Waals surface area contributed by atoms with Gasteiger partial charge in [-0.3, -0.25) is 9.78 Å². The van der Waals surface area contributed by atoms with Crippen LogP contribution in [-0.2, 0) is 7.05 Å². The number of imidazole rings is 1. The number of methoxy groups -OCH3 is 2. The van der Waals surface area contributed by atoms with E-state index in [9.17, 15) is 4.79 Å². The molecule has 0 fully saturated rings. The van der Waals surface area contributed by atoms with Crippen LogP contribution in [0.5, 0.6) is 11.5 Å². The summed E-state index contributed by atoms with van der Waals surface area (Å²) < 4.78 is 12.5. The Balaban J connectivity index is 1.99. The van der Waals surface area contributed by atoms with E-state index in [0.29, 0.717) is 23.0 Å². The van der Waals surface area contributed by atoms with Gasteiger partial charge in [0.05, 0.1) is 14.2 Å². The molecule has 0 aliphatic carbocycles. The lowest BCUT2D eigenvalue weighted by Crippen LogP contribution is -2.31. The number of hydrogen-bond donors (Lipinski definition) is 1. The van der Waals surface area contributed by atoms with Gasteiger partial charge >= 0.3 is 0 Å². The topological polar surface area (TPSA) is 78.3 Å². The summed E-state index contributed by atoms with van der Waals surface area (Å²) in [7, 11) is 5.03. The van der Waals surface area contributed by atoms with Gasteiger partial charge < -0.3 is 19.4 Å². The summed E-state index contributed by atoms with van der Waals surface area (Å²) in [6.45, 7) is 0. The molecule has 0 saturated heterocycles. The second kappa shape index (κ2) is 7.69. The third-order valence-corrected chi connectivity index (χ3v) is 4.03. The standard InChI is InChI=1S/C19H20N4O3/c1-23-11-10-21-18(23)17(22-19(24)14-6-4-5-9-20-14)13-7-8-15(25-2)16(12-13)26-3/h4-12,17H,1-3H3,(H,22,24). The SMILES string of the molecule is COc1ccc(C(NC(=O)c2ccccn2)c2nccn2C)cc1OC. The summed E-state index contributed by atoms with van der Waals surface area (Å²) in [6.07, 6.45) is 5.10. The van der Waals surface area contributed by atoms with Crippen molar-refractivity contribution in [2.45, 2.75) is 6.04 Å². The number of amides is 1. The molecule has 26 heavy (non-hydrogen) atoms. The van der Waals surface area contributed by atoms with Crippen molar-refractivity contribution in [1.29, 1.82) is 0 Å². The first-order chi connectivity index (χ1) is 12.6. The van der Waals surface area contributed by atoms with E-state index in [4.69, 9.17) is 9.47 Å². The van der Waals surface area contributed by atoms with E-state index in [1.165, 1.54) is 0 Å². The van der Waals surface area contributed by atoms with Crippen molar-refractivity contribution >= 4 is 5.91 Å². The smallest absolute Gasteiger partial charge is 0.270 e. The molecule has 7 nitrogen and oxygen atoms in total. The van der Waals surface area contributed by atoms with E-state index in [-0.39, 0.29) is 5.91 Å². The Bertz CT molecular complexity index is 893. The number of nitrogens with zero attached hydrogens (tertiary/aromatic N) is 3. The molecular weight excluding hydrogens is 332 g/mol. The summed E-state index contributed by atoms with van der Waals surface area (Å²) in [5.74, 6) is 1.61. The van der Waals surface area contributed by atoms with Crippen molar-refractivity contribution in [3.05, 3.63) is 72.1 Å². The quantitative estimate of drug-likeness (QED) is 0.737. The van der Waals surface area contributed by atoms with Crippen molar-refractivity contribution in [2.24, 2.45) is 7.05 Å². The highest BCUT2D eigenvalue weighted by Gasteiger charge is 2.23. The molecule has 1 N–H and O–H groups in total. The molecule has 0 aliphatic heterocycles. The van der Waals surface area contributed by atoms with E-state index in [0.717, 1.165) is 5.56 Å².